The zero-order chi connectivity index (χ0) is 19.6. The van der Waals surface area contributed by atoms with Crippen molar-refractivity contribution >= 4 is 56.8 Å². The number of anilines is 1. The molecule has 0 aromatic heterocycles. The Morgan fingerprint density at radius 2 is 1.85 bits per heavy atom. The number of nitrogens with zero attached hydrogens (tertiary/aromatic N) is 2. The summed E-state index contributed by atoms with van der Waals surface area (Å²) in [4.78, 5) is 27.3. The minimum Gasteiger partial charge on any atom is -0.478 e. The summed E-state index contributed by atoms with van der Waals surface area (Å²) in [6, 6.07) is 12.1. The Bertz CT molecular complexity index is 916. The van der Waals surface area contributed by atoms with Crippen molar-refractivity contribution in [2.45, 2.75) is 6.54 Å². The van der Waals surface area contributed by atoms with Crippen LogP contribution in [-0.4, -0.2) is 35.1 Å². The Morgan fingerprint density at radius 1 is 1.15 bits per heavy atom. The lowest BCUT2D eigenvalue weighted by atomic mass is 10.1. The van der Waals surface area contributed by atoms with Gasteiger partial charge in [0.05, 0.1) is 6.54 Å². The maximum atomic E-state index is 13.0. The number of carboxylic acid groups (broad SMARTS) is 1. The summed E-state index contributed by atoms with van der Waals surface area (Å²) < 4.78 is 0.891. The van der Waals surface area contributed by atoms with Crippen molar-refractivity contribution in [2.75, 3.05) is 18.0 Å². The van der Waals surface area contributed by atoms with Gasteiger partial charge in [-0.05, 0) is 47.5 Å². The van der Waals surface area contributed by atoms with Gasteiger partial charge < -0.3 is 10.0 Å². The fourth-order valence-corrected chi connectivity index (χ4v) is 3.60. The van der Waals surface area contributed by atoms with Crippen LogP contribution in [-0.2, 0) is 11.3 Å². The average molecular weight is 470 g/mol. The summed E-state index contributed by atoms with van der Waals surface area (Å²) in [7, 11) is 0. The zero-order valence-electron chi connectivity index (χ0n) is 14.0. The third-order valence-electron chi connectivity index (χ3n) is 4.10. The van der Waals surface area contributed by atoms with E-state index in [9.17, 15) is 9.59 Å². The molecule has 0 aliphatic carbocycles. The normalized spacial score (nSPS) is 16.1. The van der Waals surface area contributed by atoms with E-state index in [0.717, 1.165) is 16.1 Å². The molecule has 0 spiro atoms. The van der Waals surface area contributed by atoms with Gasteiger partial charge in [0.2, 0.25) is 0 Å². The second-order valence-corrected chi connectivity index (χ2v) is 7.84. The van der Waals surface area contributed by atoms with E-state index in [1.54, 1.807) is 40.1 Å². The first-order valence-corrected chi connectivity index (χ1v) is 9.56. The summed E-state index contributed by atoms with van der Waals surface area (Å²) in [6.07, 6.45) is 1.15. The number of rotatable bonds is 4. The fourth-order valence-electron chi connectivity index (χ4n) is 2.87. The molecule has 1 N–H and O–H groups in total. The number of carbonyl (C=O) groups is 2. The molecule has 0 radical (unpaired) electrons. The van der Waals surface area contributed by atoms with Gasteiger partial charge in [-0.2, -0.15) is 0 Å². The van der Waals surface area contributed by atoms with Crippen LogP contribution in [0, 0.1) is 0 Å². The van der Waals surface area contributed by atoms with Gasteiger partial charge in [0.15, 0.2) is 0 Å². The van der Waals surface area contributed by atoms with Gasteiger partial charge in [0.1, 0.15) is 0 Å². The van der Waals surface area contributed by atoms with Crippen molar-refractivity contribution in [2.24, 2.45) is 0 Å². The van der Waals surface area contributed by atoms with E-state index >= 15 is 0 Å². The highest BCUT2D eigenvalue weighted by Crippen LogP contribution is 2.27. The Labute approximate surface area is 174 Å². The standard InChI is InChI=1S/C19H15BrCl2N2O3/c20-14-2-5-16(6-3-14)24-10-12(7-18(25)26)9-23(19(24)27)11-13-1-4-15(21)8-17(13)22/h1-8H,9-11H2,(H,25,26)/b12-7-. The van der Waals surface area contributed by atoms with Crippen LogP contribution in [0.15, 0.2) is 58.6 Å². The number of hydrogen-bond donors (Lipinski definition) is 1. The molecule has 0 bridgehead atoms. The van der Waals surface area contributed by atoms with Gasteiger partial charge in [-0.1, -0.05) is 45.2 Å². The maximum absolute atomic E-state index is 13.0. The number of aliphatic carboxylic acids is 1. The van der Waals surface area contributed by atoms with Crippen molar-refractivity contribution in [3.63, 3.8) is 0 Å². The van der Waals surface area contributed by atoms with E-state index in [1.165, 1.54) is 0 Å². The summed E-state index contributed by atoms with van der Waals surface area (Å²) >= 11 is 15.5. The SMILES string of the molecule is O=C(O)/C=C1/CN(Cc2ccc(Cl)cc2Cl)C(=O)N(c2ccc(Br)cc2)C1. The third-order valence-corrected chi connectivity index (χ3v) is 5.21. The lowest BCUT2D eigenvalue weighted by Crippen LogP contribution is -2.50. The molecule has 3 rings (SSSR count). The minimum absolute atomic E-state index is 0.217. The molecule has 1 heterocycles. The van der Waals surface area contributed by atoms with Gasteiger partial charge in [-0.15, -0.1) is 0 Å². The summed E-state index contributed by atoms with van der Waals surface area (Å²) in [5.74, 6) is -1.04. The molecule has 2 aromatic carbocycles. The van der Waals surface area contributed by atoms with E-state index in [4.69, 9.17) is 28.3 Å². The molecule has 1 aliphatic rings. The molecule has 1 aliphatic heterocycles. The van der Waals surface area contributed by atoms with Gasteiger partial charge in [-0.3, -0.25) is 4.90 Å². The van der Waals surface area contributed by atoms with Crippen LogP contribution in [0.2, 0.25) is 10.0 Å². The largest absolute Gasteiger partial charge is 0.478 e. The average Bonchev–Trinajstić information content (AvgIpc) is 2.60. The molecule has 0 atom stereocenters. The van der Waals surface area contributed by atoms with Gasteiger partial charge in [0.25, 0.3) is 0 Å². The first-order chi connectivity index (χ1) is 12.8. The Hall–Kier alpha value is -2.02. The first-order valence-electron chi connectivity index (χ1n) is 8.02. The molecule has 27 heavy (non-hydrogen) atoms. The van der Waals surface area contributed by atoms with Crippen molar-refractivity contribution in [1.29, 1.82) is 0 Å². The second-order valence-electron chi connectivity index (χ2n) is 6.08. The monoisotopic (exact) mass is 468 g/mol. The van der Waals surface area contributed by atoms with Crippen LogP contribution in [0.4, 0.5) is 10.5 Å². The topological polar surface area (TPSA) is 60.9 Å². The van der Waals surface area contributed by atoms with Crippen LogP contribution < -0.4 is 4.90 Å². The molecule has 2 aromatic rings. The molecule has 2 amide bonds. The first kappa shape index (κ1) is 19.7. The predicted octanol–water partition coefficient (Wildman–Crippen LogP) is 5.21. The van der Waals surface area contributed by atoms with Gasteiger partial charge in [-0.25, -0.2) is 9.59 Å². The number of hydrogen-bond acceptors (Lipinski definition) is 2. The van der Waals surface area contributed by atoms with Crippen molar-refractivity contribution in [1.82, 2.24) is 4.90 Å². The van der Waals surface area contributed by atoms with Gasteiger partial charge in [0, 0.05) is 39.4 Å². The molecule has 8 heteroatoms. The summed E-state index contributed by atoms with van der Waals surface area (Å²) in [6.45, 7) is 0.688. The molecule has 1 fully saturated rings. The lowest BCUT2D eigenvalue weighted by molar-refractivity contribution is -0.131. The number of carboxylic acids is 1. The summed E-state index contributed by atoms with van der Waals surface area (Å²) in [5, 5.41) is 10.1. The van der Waals surface area contributed by atoms with Crippen LogP contribution in [0.25, 0.3) is 0 Å². The fraction of sp³-hybridized carbons (Fsp3) is 0.158. The van der Waals surface area contributed by atoms with Crippen molar-refractivity contribution in [3.8, 4) is 0 Å². The highest BCUT2D eigenvalue weighted by atomic mass is 79.9. The van der Waals surface area contributed by atoms with E-state index in [-0.39, 0.29) is 25.7 Å². The van der Waals surface area contributed by atoms with E-state index < -0.39 is 5.97 Å². The quantitative estimate of drug-likeness (QED) is 0.625. The highest BCUT2D eigenvalue weighted by Gasteiger charge is 2.30. The van der Waals surface area contributed by atoms with E-state index in [1.807, 2.05) is 12.1 Å². The van der Waals surface area contributed by atoms with Crippen LogP contribution in [0.1, 0.15) is 5.56 Å². The third kappa shape index (κ3) is 4.83. The molecular weight excluding hydrogens is 455 g/mol. The van der Waals surface area contributed by atoms with Crippen LogP contribution >= 0.6 is 39.1 Å². The number of carbonyl (C=O) groups excluding carboxylic acids is 1. The molecule has 5 nitrogen and oxygen atoms in total. The van der Waals surface area contributed by atoms with E-state index in [0.29, 0.717) is 21.3 Å². The molecule has 140 valence electrons. The maximum Gasteiger partial charge on any atom is 0.328 e. The smallest absolute Gasteiger partial charge is 0.328 e. The minimum atomic E-state index is -1.04. The number of urea groups is 1. The summed E-state index contributed by atoms with van der Waals surface area (Å²) in [5.41, 5.74) is 2.04. The van der Waals surface area contributed by atoms with Crippen molar-refractivity contribution < 1.29 is 14.7 Å². The van der Waals surface area contributed by atoms with Gasteiger partial charge >= 0.3 is 12.0 Å². The molecular formula is C19H15BrCl2N2O3. The van der Waals surface area contributed by atoms with Crippen LogP contribution in [0.3, 0.4) is 0 Å². The van der Waals surface area contributed by atoms with Crippen molar-refractivity contribution in [3.05, 3.63) is 74.2 Å². The molecule has 0 unspecified atom stereocenters. The number of amides is 2. The van der Waals surface area contributed by atoms with Crippen LogP contribution in [0.5, 0.6) is 0 Å². The Morgan fingerprint density at radius 3 is 2.48 bits per heavy atom. The Balaban J connectivity index is 1.92. The number of halogens is 3. The second kappa shape index (κ2) is 8.33. The number of benzene rings is 2. The highest BCUT2D eigenvalue weighted by molar-refractivity contribution is 9.10. The molecule has 0 saturated carbocycles. The predicted molar refractivity (Wildman–Crippen MR) is 109 cm³/mol. The lowest BCUT2D eigenvalue weighted by Gasteiger charge is -2.37. The zero-order valence-corrected chi connectivity index (χ0v) is 17.1. The van der Waals surface area contributed by atoms with E-state index in [2.05, 4.69) is 15.9 Å². The molecule has 1 saturated heterocycles. The Kier molecular flexibility index (Phi) is 6.09.